The Bertz CT molecular complexity index is 971. The molecule has 1 amide bonds. The maximum atomic E-state index is 13.7. The Hall–Kier alpha value is -3.48. The third-order valence-corrected chi connectivity index (χ3v) is 4.63. The summed E-state index contributed by atoms with van der Waals surface area (Å²) in [5.74, 6) is -0.510. The van der Waals surface area contributed by atoms with Gasteiger partial charge in [-0.3, -0.25) is 4.79 Å². The molecule has 1 fully saturated rings. The number of aromatic nitrogens is 2. The summed E-state index contributed by atoms with van der Waals surface area (Å²) in [6.07, 6.45) is 3.77. The van der Waals surface area contributed by atoms with Gasteiger partial charge >= 0.3 is 0 Å². The van der Waals surface area contributed by atoms with Crippen LogP contribution in [0.15, 0.2) is 60.9 Å². The number of halogens is 1. The first-order valence-electron chi connectivity index (χ1n) is 9.19. The lowest BCUT2D eigenvalue weighted by molar-refractivity contribution is 0.102. The SMILES string of the molecule is O=C(Nc1ccccc1F)c1cc(Nc2ccc(N3CCCC3)cc2)ncn1. The first kappa shape index (κ1) is 17.9. The maximum absolute atomic E-state index is 13.7. The Morgan fingerprint density at radius 3 is 2.50 bits per heavy atom. The van der Waals surface area contributed by atoms with Crippen LogP contribution in [0.5, 0.6) is 0 Å². The quantitative estimate of drug-likeness (QED) is 0.697. The average Bonchev–Trinajstić information content (AvgIpc) is 3.25. The molecule has 1 aliphatic rings. The van der Waals surface area contributed by atoms with E-state index in [0.717, 1.165) is 18.8 Å². The highest BCUT2D eigenvalue weighted by Crippen LogP contribution is 2.23. The molecule has 6 nitrogen and oxygen atoms in total. The van der Waals surface area contributed by atoms with Crippen LogP contribution in [0.3, 0.4) is 0 Å². The van der Waals surface area contributed by atoms with E-state index < -0.39 is 11.7 Å². The van der Waals surface area contributed by atoms with Crippen LogP contribution < -0.4 is 15.5 Å². The fourth-order valence-electron chi connectivity index (χ4n) is 3.18. The summed E-state index contributed by atoms with van der Waals surface area (Å²) in [5, 5.41) is 5.69. The van der Waals surface area contributed by atoms with Gasteiger partial charge in [0.2, 0.25) is 0 Å². The molecule has 28 heavy (non-hydrogen) atoms. The van der Waals surface area contributed by atoms with Gasteiger partial charge in [-0.05, 0) is 49.2 Å². The molecule has 2 aromatic carbocycles. The van der Waals surface area contributed by atoms with E-state index in [1.807, 2.05) is 12.1 Å². The van der Waals surface area contributed by atoms with Gasteiger partial charge in [-0.1, -0.05) is 12.1 Å². The summed E-state index contributed by atoms with van der Waals surface area (Å²) in [6.45, 7) is 2.19. The lowest BCUT2D eigenvalue weighted by atomic mass is 10.2. The predicted molar refractivity (Wildman–Crippen MR) is 108 cm³/mol. The maximum Gasteiger partial charge on any atom is 0.274 e. The largest absolute Gasteiger partial charge is 0.372 e. The van der Waals surface area contributed by atoms with Crippen LogP contribution in [0, 0.1) is 5.82 Å². The van der Waals surface area contributed by atoms with Gasteiger partial charge in [0.15, 0.2) is 0 Å². The zero-order valence-electron chi connectivity index (χ0n) is 15.2. The van der Waals surface area contributed by atoms with Gasteiger partial charge in [-0.15, -0.1) is 0 Å². The van der Waals surface area contributed by atoms with Gasteiger partial charge in [0.1, 0.15) is 23.7 Å². The van der Waals surface area contributed by atoms with Gasteiger partial charge in [-0.25, -0.2) is 14.4 Å². The molecule has 142 valence electrons. The molecule has 2 N–H and O–H groups in total. The van der Waals surface area contributed by atoms with E-state index in [-0.39, 0.29) is 11.4 Å². The Kier molecular flexibility index (Phi) is 5.14. The predicted octanol–water partition coefficient (Wildman–Crippen LogP) is 4.21. The number of nitrogens with zero attached hydrogens (tertiary/aromatic N) is 3. The van der Waals surface area contributed by atoms with Crippen LogP contribution in [-0.2, 0) is 0 Å². The fraction of sp³-hybridized carbons (Fsp3) is 0.190. The van der Waals surface area contributed by atoms with Gasteiger partial charge in [0.25, 0.3) is 5.91 Å². The van der Waals surface area contributed by atoms with Crippen molar-refractivity contribution >= 4 is 28.8 Å². The number of rotatable bonds is 5. The Morgan fingerprint density at radius 2 is 1.75 bits per heavy atom. The highest BCUT2D eigenvalue weighted by atomic mass is 19.1. The van der Waals surface area contributed by atoms with E-state index in [9.17, 15) is 9.18 Å². The minimum absolute atomic E-state index is 0.109. The monoisotopic (exact) mass is 377 g/mol. The van der Waals surface area contributed by atoms with Crippen molar-refractivity contribution in [1.82, 2.24) is 9.97 Å². The molecule has 4 rings (SSSR count). The molecule has 7 heteroatoms. The lowest BCUT2D eigenvalue weighted by Crippen LogP contribution is -2.17. The van der Waals surface area contributed by atoms with Crippen molar-refractivity contribution in [2.24, 2.45) is 0 Å². The molecule has 0 atom stereocenters. The number of para-hydroxylation sites is 1. The number of benzene rings is 2. The smallest absolute Gasteiger partial charge is 0.274 e. The summed E-state index contributed by atoms with van der Waals surface area (Å²) in [6, 6.07) is 15.6. The zero-order chi connectivity index (χ0) is 19.3. The molecule has 0 radical (unpaired) electrons. The summed E-state index contributed by atoms with van der Waals surface area (Å²) in [4.78, 5) is 22.9. The van der Waals surface area contributed by atoms with Crippen LogP contribution in [0.25, 0.3) is 0 Å². The molecule has 0 saturated carbocycles. The highest BCUT2D eigenvalue weighted by Gasteiger charge is 2.13. The van der Waals surface area contributed by atoms with Crippen molar-refractivity contribution in [2.45, 2.75) is 12.8 Å². The molecule has 2 heterocycles. The van der Waals surface area contributed by atoms with Gasteiger partial charge in [0, 0.05) is 30.5 Å². The molecular weight excluding hydrogens is 357 g/mol. The van der Waals surface area contributed by atoms with Crippen LogP contribution in [0.2, 0.25) is 0 Å². The summed E-state index contributed by atoms with van der Waals surface area (Å²) < 4.78 is 13.7. The molecule has 1 aromatic heterocycles. The second-order valence-corrected chi connectivity index (χ2v) is 6.59. The van der Waals surface area contributed by atoms with E-state index in [4.69, 9.17) is 0 Å². The molecule has 1 aliphatic heterocycles. The molecule has 0 aliphatic carbocycles. The number of hydrogen-bond acceptors (Lipinski definition) is 5. The second-order valence-electron chi connectivity index (χ2n) is 6.59. The summed E-state index contributed by atoms with van der Waals surface area (Å²) in [7, 11) is 0. The minimum Gasteiger partial charge on any atom is -0.372 e. The Morgan fingerprint density at radius 1 is 1.00 bits per heavy atom. The number of hydrogen-bond donors (Lipinski definition) is 2. The fourth-order valence-corrected chi connectivity index (χ4v) is 3.18. The third kappa shape index (κ3) is 4.09. The standard InChI is InChI=1S/C21H20FN5O/c22-17-5-1-2-6-18(17)26-21(28)19-13-20(24-14-23-19)25-15-7-9-16(10-8-15)27-11-3-4-12-27/h1-2,5-10,13-14H,3-4,11-12H2,(H,26,28)(H,23,24,25). The first-order chi connectivity index (χ1) is 13.7. The number of carbonyl (C=O) groups is 1. The van der Waals surface area contributed by atoms with Crippen molar-refractivity contribution in [2.75, 3.05) is 28.6 Å². The molecular formula is C21H20FN5O. The minimum atomic E-state index is -0.500. The normalized spacial score (nSPS) is 13.4. The molecule has 0 unspecified atom stereocenters. The third-order valence-electron chi connectivity index (χ3n) is 4.63. The van der Waals surface area contributed by atoms with E-state index in [2.05, 4.69) is 37.6 Å². The topological polar surface area (TPSA) is 70.2 Å². The lowest BCUT2D eigenvalue weighted by Gasteiger charge is -2.17. The van der Waals surface area contributed by atoms with Crippen molar-refractivity contribution in [3.63, 3.8) is 0 Å². The van der Waals surface area contributed by atoms with E-state index in [1.165, 1.54) is 43.1 Å². The molecule has 0 bridgehead atoms. The van der Waals surface area contributed by atoms with Crippen LogP contribution in [0.1, 0.15) is 23.3 Å². The van der Waals surface area contributed by atoms with E-state index in [0.29, 0.717) is 5.82 Å². The zero-order valence-corrected chi connectivity index (χ0v) is 15.2. The van der Waals surface area contributed by atoms with Crippen molar-refractivity contribution in [3.05, 3.63) is 72.4 Å². The average molecular weight is 377 g/mol. The van der Waals surface area contributed by atoms with E-state index >= 15 is 0 Å². The van der Waals surface area contributed by atoms with Crippen molar-refractivity contribution < 1.29 is 9.18 Å². The Balaban J connectivity index is 1.44. The number of amides is 1. The van der Waals surface area contributed by atoms with Crippen molar-refractivity contribution in [1.29, 1.82) is 0 Å². The highest BCUT2D eigenvalue weighted by molar-refractivity contribution is 6.03. The number of carbonyl (C=O) groups excluding carboxylic acids is 1. The van der Waals surface area contributed by atoms with Gasteiger partial charge < -0.3 is 15.5 Å². The van der Waals surface area contributed by atoms with Gasteiger partial charge in [-0.2, -0.15) is 0 Å². The van der Waals surface area contributed by atoms with E-state index in [1.54, 1.807) is 12.1 Å². The number of anilines is 4. The summed E-state index contributed by atoms with van der Waals surface area (Å²) in [5.41, 5.74) is 2.32. The summed E-state index contributed by atoms with van der Waals surface area (Å²) >= 11 is 0. The van der Waals surface area contributed by atoms with Crippen molar-refractivity contribution in [3.8, 4) is 0 Å². The Labute approximate surface area is 162 Å². The molecule has 0 spiro atoms. The van der Waals surface area contributed by atoms with Crippen LogP contribution in [0.4, 0.5) is 27.3 Å². The van der Waals surface area contributed by atoms with Crippen LogP contribution in [-0.4, -0.2) is 29.0 Å². The molecule has 1 saturated heterocycles. The van der Waals surface area contributed by atoms with Gasteiger partial charge in [0.05, 0.1) is 5.69 Å². The molecule has 3 aromatic rings. The second kappa shape index (κ2) is 8.04. The van der Waals surface area contributed by atoms with Crippen LogP contribution >= 0.6 is 0 Å². The first-order valence-corrected chi connectivity index (χ1v) is 9.19. The number of nitrogens with one attached hydrogen (secondary N) is 2.